The molecule has 0 bridgehead atoms. The number of aryl methyl sites for hydroxylation is 1. The average molecular weight is 409 g/mol. The van der Waals surface area contributed by atoms with Crippen molar-refractivity contribution in [1.29, 1.82) is 0 Å². The quantitative estimate of drug-likeness (QED) is 0.661. The van der Waals surface area contributed by atoms with Crippen molar-refractivity contribution in [2.45, 2.75) is 24.8 Å². The van der Waals surface area contributed by atoms with E-state index in [0.29, 0.717) is 11.3 Å². The second-order valence-corrected chi connectivity index (χ2v) is 8.91. The molecule has 0 saturated heterocycles. The minimum absolute atomic E-state index is 0.0709. The van der Waals surface area contributed by atoms with Crippen LogP contribution in [0, 0.1) is 6.92 Å². The highest BCUT2D eigenvalue weighted by molar-refractivity contribution is 7.92. The van der Waals surface area contributed by atoms with Crippen LogP contribution in [0.5, 0.6) is 0 Å². The van der Waals surface area contributed by atoms with E-state index in [1.54, 1.807) is 24.3 Å². The monoisotopic (exact) mass is 408 g/mol. The Bertz CT molecular complexity index is 1110. The van der Waals surface area contributed by atoms with Crippen LogP contribution >= 0.6 is 0 Å². The molecule has 3 aromatic carbocycles. The molecule has 1 atom stereocenters. The number of anilines is 1. The third-order valence-corrected chi connectivity index (χ3v) is 6.55. The van der Waals surface area contributed by atoms with Crippen molar-refractivity contribution in [3.63, 3.8) is 0 Å². The third kappa shape index (κ3) is 4.66. The van der Waals surface area contributed by atoms with Gasteiger partial charge in [0.1, 0.15) is 0 Å². The van der Waals surface area contributed by atoms with Gasteiger partial charge in [-0.3, -0.25) is 9.10 Å². The molecule has 6 heteroatoms. The Morgan fingerprint density at radius 2 is 1.62 bits per heavy atom. The van der Waals surface area contributed by atoms with E-state index >= 15 is 0 Å². The molecule has 0 aliphatic heterocycles. The van der Waals surface area contributed by atoms with Crippen molar-refractivity contribution in [2.24, 2.45) is 0 Å². The van der Waals surface area contributed by atoms with E-state index in [9.17, 15) is 13.2 Å². The molecule has 0 aliphatic rings. The van der Waals surface area contributed by atoms with Gasteiger partial charge in [-0.2, -0.15) is 0 Å². The molecule has 1 amide bonds. The number of hydrogen-bond acceptors (Lipinski definition) is 3. The normalized spacial score (nSPS) is 12.2. The summed E-state index contributed by atoms with van der Waals surface area (Å²) in [5.74, 6) is -0.323. The Morgan fingerprint density at radius 1 is 0.931 bits per heavy atom. The lowest BCUT2D eigenvalue weighted by Gasteiger charge is -2.20. The fourth-order valence-corrected chi connectivity index (χ4v) is 4.26. The van der Waals surface area contributed by atoms with Gasteiger partial charge in [0, 0.05) is 12.6 Å². The number of carbonyl (C=O) groups excluding carboxylic acids is 1. The molecule has 0 fully saturated rings. The molecule has 0 aliphatic carbocycles. The molecule has 0 saturated carbocycles. The van der Waals surface area contributed by atoms with Crippen molar-refractivity contribution < 1.29 is 13.2 Å². The molecule has 0 spiro atoms. The zero-order valence-electron chi connectivity index (χ0n) is 16.7. The maximum atomic E-state index is 13.1. The van der Waals surface area contributed by atoms with Crippen molar-refractivity contribution in [1.82, 2.24) is 5.32 Å². The topological polar surface area (TPSA) is 66.5 Å². The van der Waals surface area contributed by atoms with Crippen LogP contribution in [0.2, 0.25) is 0 Å². The molecule has 3 aromatic rings. The maximum absolute atomic E-state index is 13.1. The number of nitrogens with one attached hydrogen (secondary N) is 1. The summed E-state index contributed by atoms with van der Waals surface area (Å²) >= 11 is 0. The summed E-state index contributed by atoms with van der Waals surface area (Å²) < 4.78 is 27.3. The number of carbonyl (C=O) groups is 1. The van der Waals surface area contributed by atoms with Gasteiger partial charge in [-0.1, -0.05) is 48.5 Å². The van der Waals surface area contributed by atoms with Gasteiger partial charge in [0.15, 0.2) is 0 Å². The fraction of sp³-hybridized carbons (Fsp3) is 0.174. The SMILES string of the molecule is Cc1cccc(N(C)S(=O)(=O)c2cccc(C(=O)N[C@@H](C)c3ccccc3)c2)c1. The molecule has 5 nitrogen and oxygen atoms in total. The van der Waals surface area contributed by atoms with E-state index in [4.69, 9.17) is 0 Å². The first kappa shape index (κ1) is 20.6. The van der Waals surface area contributed by atoms with Gasteiger partial charge in [-0.15, -0.1) is 0 Å². The Kier molecular flexibility index (Phi) is 6.03. The lowest BCUT2D eigenvalue weighted by molar-refractivity contribution is 0.0939. The van der Waals surface area contributed by atoms with E-state index in [1.165, 1.54) is 23.5 Å². The Morgan fingerprint density at radius 3 is 2.31 bits per heavy atom. The summed E-state index contributed by atoms with van der Waals surface area (Å²) in [6, 6.07) is 22.8. The highest BCUT2D eigenvalue weighted by Gasteiger charge is 2.23. The zero-order valence-corrected chi connectivity index (χ0v) is 17.5. The standard InChI is InChI=1S/C23H24N2O3S/c1-17-9-7-13-21(15-17)25(3)29(27,28)22-14-8-12-20(16-22)23(26)24-18(2)19-10-5-4-6-11-19/h4-16,18H,1-3H3,(H,24,26)/t18-/m0/s1. The second kappa shape index (κ2) is 8.49. The van der Waals surface area contributed by atoms with Crippen LogP contribution in [0.4, 0.5) is 5.69 Å². The summed E-state index contributed by atoms with van der Waals surface area (Å²) in [6.07, 6.45) is 0. The van der Waals surface area contributed by atoms with Crippen molar-refractivity contribution in [3.05, 3.63) is 95.6 Å². The van der Waals surface area contributed by atoms with Crippen LogP contribution in [0.3, 0.4) is 0 Å². The van der Waals surface area contributed by atoms with Crippen LogP contribution in [-0.4, -0.2) is 21.4 Å². The van der Waals surface area contributed by atoms with Crippen LogP contribution in [0.1, 0.15) is 34.5 Å². The highest BCUT2D eigenvalue weighted by atomic mass is 32.2. The number of sulfonamides is 1. The van der Waals surface area contributed by atoms with Gasteiger partial charge < -0.3 is 5.32 Å². The first-order chi connectivity index (χ1) is 13.8. The second-order valence-electron chi connectivity index (χ2n) is 6.95. The van der Waals surface area contributed by atoms with E-state index in [-0.39, 0.29) is 16.8 Å². The van der Waals surface area contributed by atoms with Gasteiger partial charge in [0.2, 0.25) is 0 Å². The molecule has 150 valence electrons. The summed E-state index contributed by atoms with van der Waals surface area (Å²) in [5.41, 5.74) is 2.81. The fourth-order valence-electron chi connectivity index (χ4n) is 3.02. The number of amides is 1. The Balaban J connectivity index is 1.83. The first-order valence-electron chi connectivity index (χ1n) is 9.30. The molecule has 0 radical (unpaired) electrons. The van der Waals surface area contributed by atoms with Crippen molar-refractivity contribution in [2.75, 3.05) is 11.4 Å². The van der Waals surface area contributed by atoms with E-state index in [2.05, 4.69) is 5.32 Å². The molecule has 0 aromatic heterocycles. The molecular weight excluding hydrogens is 384 g/mol. The smallest absolute Gasteiger partial charge is 0.264 e. The van der Waals surface area contributed by atoms with Gasteiger partial charge in [-0.25, -0.2) is 8.42 Å². The number of hydrogen-bond donors (Lipinski definition) is 1. The van der Waals surface area contributed by atoms with E-state index < -0.39 is 10.0 Å². The van der Waals surface area contributed by atoms with Gasteiger partial charge >= 0.3 is 0 Å². The summed E-state index contributed by atoms with van der Waals surface area (Å²) in [7, 11) is -2.28. The highest BCUT2D eigenvalue weighted by Crippen LogP contribution is 2.23. The Labute approximate surface area is 172 Å². The average Bonchev–Trinajstić information content (AvgIpc) is 2.73. The van der Waals surface area contributed by atoms with Gasteiger partial charge in [-0.05, 0) is 55.3 Å². The van der Waals surface area contributed by atoms with Crippen LogP contribution in [-0.2, 0) is 10.0 Å². The predicted molar refractivity (Wildman–Crippen MR) is 116 cm³/mol. The molecule has 3 rings (SSSR count). The Hall–Kier alpha value is -3.12. The van der Waals surface area contributed by atoms with Crippen LogP contribution in [0.15, 0.2) is 83.8 Å². The lowest BCUT2D eigenvalue weighted by Crippen LogP contribution is -2.28. The lowest BCUT2D eigenvalue weighted by atomic mass is 10.1. The third-order valence-electron chi connectivity index (χ3n) is 4.77. The first-order valence-corrected chi connectivity index (χ1v) is 10.7. The van der Waals surface area contributed by atoms with Crippen LogP contribution in [0.25, 0.3) is 0 Å². The molecule has 0 heterocycles. The van der Waals surface area contributed by atoms with Gasteiger partial charge in [0.25, 0.3) is 15.9 Å². The summed E-state index contributed by atoms with van der Waals surface area (Å²) in [6.45, 7) is 3.79. The maximum Gasteiger partial charge on any atom is 0.264 e. The number of nitrogens with zero attached hydrogens (tertiary/aromatic N) is 1. The number of rotatable bonds is 6. The largest absolute Gasteiger partial charge is 0.346 e. The molecule has 29 heavy (non-hydrogen) atoms. The molecule has 0 unspecified atom stereocenters. The minimum atomic E-state index is -3.79. The van der Waals surface area contributed by atoms with E-state index in [0.717, 1.165) is 11.1 Å². The molecular formula is C23H24N2O3S. The van der Waals surface area contributed by atoms with Crippen LogP contribution < -0.4 is 9.62 Å². The molecule has 1 N–H and O–H groups in total. The summed E-state index contributed by atoms with van der Waals surface area (Å²) in [4.78, 5) is 12.7. The van der Waals surface area contributed by atoms with E-state index in [1.807, 2.05) is 56.3 Å². The van der Waals surface area contributed by atoms with Crippen molar-refractivity contribution >= 4 is 21.6 Å². The predicted octanol–water partition coefficient (Wildman–Crippen LogP) is 4.31. The minimum Gasteiger partial charge on any atom is -0.346 e. The summed E-state index contributed by atoms with van der Waals surface area (Å²) in [5, 5.41) is 2.91. The number of benzene rings is 3. The van der Waals surface area contributed by atoms with Gasteiger partial charge in [0.05, 0.1) is 16.6 Å². The zero-order chi connectivity index (χ0) is 21.0. The van der Waals surface area contributed by atoms with Crippen molar-refractivity contribution in [3.8, 4) is 0 Å².